The van der Waals surface area contributed by atoms with Crippen LogP contribution in [-0.2, 0) is 0 Å². The molecule has 8 nitrogen and oxygen atoms in total. The zero-order valence-corrected chi connectivity index (χ0v) is 12.3. The van der Waals surface area contributed by atoms with E-state index in [1.165, 1.54) is 12.6 Å². The lowest BCUT2D eigenvalue weighted by molar-refractivity contribution is -0.384. The highest BCUT2D eigenvalue weighted by Crippen LogP contribution is 2.33. The van der Waals surface area contributed by atoms with Crippen molar-refractivity contribution < 1.29 is 4.92 Å². The Hall–Kier alpha value is -1.96. The Labute approximate surface area is 123 Å². The van der Waals surface area contributed by atoms with Gasteiger partial charge in [0.1, 0.15) is 6.20 Å². The molecule has 1 N–H and O–H groups in total. The van der Waals surface area contributed by atoms with Crippen molar-refractivity contribution in [2.75, 3.05) is 37.4 Å². The first-order valence-electron chi connectivity index (χ1n) is 7.26. The van der Waals surface area contributed by atoms with E-state index in [0.29, 0.717) is 23.8 Å². The fourth-order valence-corrected chi connectivity index (χ4v) is 3.35. The van der Waals surface area contributed by atoms with Gasteiger partial charge in [0, 0.05) is 32.2 Å². The number of hydrogen-bond donors (Lipinski definition) is 1. The molecule has 2 atom stereocenters. The van der Waals surface area contributed by atoms with Crippen molar-refractivity contribution in [1.29, 1.82) is 0 Å². The molecule has 8 heteroatoms. The van der Waals surface area contributed by atoms with Gasteiger partial charge in [-0.25, -0.2) is 4.98 Å². The van der Waals surface area contributed by atoms with Crippen LogP contribution in [0.15, 0.2) is 6.20 Å². The second-order valence-corrected chi connectivity index (χ2v) is 5.69. The lowest BCUT2D eigenvalue weighted by Gasteiger charge is -2.26. The third-order valence-electron chi connectivity index (χ3n) is 4.62. The van der Waals surface area contributed by atoms with E-state index in [0.717, 1.165) is 25.9 Å². The normalized spacial score (nSPS) is 25.7. The van der Waals surface area contributed by atoms with Crippen LogP contribution in [0.5, 0.6) is 0 Å². The topological polar surface area (TPSA) is 87.4 Å². The van der Waals surface area contributed by atoms with E-state index in [1.807, 2.05) is 4.90 Å². The van der Waals surface area contributed by atoms with E-state index in [2.05, 4.69) is 27.2 Å². The molecule has 0 amide bonds. The van der Waals surface area contributed by atoms with Gasteiger partial charge >= 0.3 is 5.69 Å². The van der Waals surface area contributed by atoms with Gasteiger partial charge in [-0.3, -0.25) is 15.0 Å². The van der Waals surface area contributed by atoms with Crippen LogP contribution in [0.3, 0.4) is 0 Å². The average molecular weight is 292 g/mol. The minimum absolute atomic E-state index is 0.0190. The first-order valence-corrected chi connectivity index (χ1v) is 7.26. The summed E-state index contributed by atoms with van der Waals surface area (Å²) in [5, 5.41) is 14.1. The highest BCUT2D eigenvalue weighted by atomic mass is 16.6. The molecular weight excluding hydrogens is 272 g/mol. The van der Waals surface area contributed by atoms with Gasteiger partial charge < -0.3 is 10.2 Å². The SMILES string of the molecule is CNc1ncc([N+](=O)[O-])c(N2CCC3CCC(C2)N3C)n1. The van der Waals surface area contributed by atoms with Gasteiger partial charge in [0.25, 0.3) is 0 Å². The molecule has 2 aliphatic rings. The van der Waals surface area contributed by atoms with E-state index < -0.39 is 4.92 Å². The van der Waals surface area contributed by atoms with Crippen molar-refractivity contribution in [2.45, 2.75) is 31.3 Å². The number of likely N-dealkylation sites (N-methyl/N-ethyl adjacent to an activating group) is 1. The maximum atomic E-state index is 11.2. The molecule has 2 fully saturated rings. The molecule has 3 rings (SSSR count). The van der Waals surface area contributed by atoms with Crippen LogP contribution in [0.1, 0.15) is 19.3 Å². The van der Waals surface area contributed by atoms with Gasteiger partial charge in [0.2, 0.25) is 11.8 Å². The molecule has 0 spiro atoms. The zero-order valence-electron chi connectivity index (χ0n) is 12.3. The molecule has 0 aliphatic carbocycles. The van der Waals surface area contributed by atoms with Gasteiger partial charge in [-0.05, 0) is 26.3 Å². The number of nitrogens with one attached hydrogen (secondary N) is 1. The maximum Gasteiger partial charge on any atom is 0.329 e. The van der Waals surface area contributed by atoms with Crippen LogP contribution in [0.4, 0.5) is 17.5 Å². The molecule has 1 aromatic heterocycles. The number of anilines is 2. The number of hydrogen-bond acceptors (Lipinski definition) is 7. The molecule has 114 valence electrons. The summed E-state index contributed by atoms with van der Waals surface area (Å²) in [6.45, 7) is 1.58. The molecule has 2 bridgehead atoms. The lowest BCUT2D eigenvalue weighted by atomic mass is 10.1. The first kappa shape index (κ1) is 14.0. The second-order valence-electron chi connectivity index (χ2n) is 5.69. The predicted octanol–water partition coefficient (Wildman–Crippen LogP) is 1.10. The molecular formula is C13H20N6O2. The number of fused-ring (bicyclic) bond motifs is 2. The maximum absolute atomic E-state index is 11.2. The van der Waals surface area contributed by atoms with Crippen LogP contribution in [0.2, 0.25) is 0 Å². The highest BCUT2D eigenvalue weighted by Gasteiger charge is 2.36. The Bertz CT molecular complexity index is 551. The van der Waals surface area contributed by atoms with Crippen molar-refractivity contribution in [3.8, 4) is 0 Å². The molecule has 2 unspecified atom stereocenters. The number of nitrogens with zero attached hydrogens (tertiary/aromatic N) is 5. The van der Waals surface area contributed by atoms with Crippen molar-refractivity contribution in [3.63, 3.8) is 0 Å². The minimum atomic E-state index is -0.401. The van der Waals surface area contributed by atoms with E-state index in [1.54, 1.807) is 7.05 Å². The molecule has 1 aromatic rings. The summed E-state index contributed by atoms with van der Waals surface area (Å²) >= 11 is 0. The summed E-state index contributed by atoms with van der Waals surface area (Å²) in [6, 6.07) is 1.04. The average Bonchev–Trinajstić information content (AvgIpc) is 2.71. The van der Waals surface area contributed by atoms with Gasteiger partial charge in [-0.1, -0.05) is 0 Å². The summed E-state index contributed by atoms with van der Waals surface area (Å²) in [5.74, 6) is 0.846. The van der Waals surface area contributed by atoms with Crippen LogP contribution in [-0.4, -0.2) is 59.1 Å². The number of aromatic nitrogens is 2. The van der Waals surface area contributed by atoms with Crippen molar-refractivity contribution >= 4 is 17.5 Å². The Balaban J connectivity index is 1.93. The van der Waals surface area contributed by atoms with Crippen molar-refractivity contribution in [3.05, 3.63) is 16.3 Å². The van der Waals surface area contributed by atoms with Gasteiger partial charge in [0.05, 0.1) is 4.92 Å². The molecule has 21 heavy (non-hydrogen) atoms. The van der Waals surface area contributed by atoms with Crippen molar-refractivity contribution in [1.82, 2.24) is 14.9 Å². The third-order valence-corrected chi connectivity index (χ3v) is 4.62. The minimum Gasteiger partial charge on any atom is -0.357 e. The molecule has 3 heterocycles. The second kappa shape index (κ2) is 5.44. The van der Waals surface area contributed by atoms with Gasteiger partial charge in [-0.2, -0.15) is 4.98 Å². The number of rotatable bonds is 3. The largest absolute Gasteiger partial charge is 0.357 e. The molecule has 0 radical (unpaired) electrons. The lowest BCUT2D eigenvalue weighted by Crippen LogP contribution is -2.37. The van der Waals surface area contributed by atoms with Crippen LogP contribution < -0.4 is 10.2 Å². The van der Waals surface area contributed by atoms with Crippen molar-refractivity contribution in [2.24, 2.45) is 0 Å². The number of nitro groups is 1. The summed E-state index contributed by atoms with van der Waals surface area (Å²) in [4.78, 5) is 23.6. The van der Waals surface area contributed by atoms with E-state index in [-0.39, 0.29) is 5.69 Å². The van der Waals surface area contributed by atoms with Gasteiger partial charge in [-0.15, -0.1) is 0 Å². The third kappa shape index (κ3) is 2.51. The van der Waals surface area contributed by atoms with Crippen LogP contribution in [0, 0.1) is 10.1 Å². The smallest absolute Gasteiger partial charge is 0.329 e. The monoisotopic (exact) mass is 292 g/mol. The van der Waals surface area contributed by atoms with Gasteiger partial charge in [0.15, 0.2) is 0 Å². The summed E-state index contributed by atoms with van der Waals surface area (Å²) in [7, 11) is 3.86. The first-order chi connectivity index (χ1) is 10.1. The predicted molar refractivity (Wildman–Crippen MR) is 79.6 cm³/mol. The molecule has 2 saturated heterocycles. The fourth-order valence-electron chi connectivity index (χ4n) is 3.35. The highest BCUT2D eigenvalue weighted by molar-refractivity contribution is 5.59. The standard InChI is InChI=1S/C13H20N6O2/c1-14-13-15-7-11(19(20)21)12(16-13)18-6-5-9-3-4-10(8-18)17(9)2/h7,9-10H,3-6,8H2,1-2H3,(H,14,15,16). The summed E-state index contributed by atoms with van der Waals surface area (Å²) in [6.07, 6.45) is 4.68. The van der Waals surface area contributed by atoms with E-state index in [9.17, 15) is 10.1 Å². The molecule has 0 saturated carbocycles. The fraction of sp³-hybridized carbons (Fsp3) is 0.692. The molecule has 0 aromatic carbocycles. The zero-order chi connectivity index (χ0) is 15.0. The molecule has 2 aliphatic heterocycles. The van der Waals surface area contributed by atoms with E-state index in [4.69, 9.17) is 0 Å². The van der Waals surface area contributed by atoms with E-state index >= 15 is 0 Å². The Morgan fingerprint density at radius 2 is 2.14 bits per heavy atom. The Morgan fingerprint density at radius 3 is 2.86 bits per heavy atom. The quantitative estimate of drug-likeness (QED) is 0.659. The summed E-state index contributed by atoms with van der Waals surface area (Å²) < 4.78 is 0. The summed E-state index contributed by atoms with van der Waals surface area (Å²) in [5.41, 5.74) is -0.0190. The Kier molecular flexibility index (Phi) is 3.62. The van der Waals surface area contributed by atoms with Crippen LogP contribution in [0.25, 0.3) is 0 Å². The Morgan fingerprint density at radius 1 is 1.38 bits per heavy atom. The van der Waals surface area contributed by atoms with Crippen LogP contribution >= 0.6 is 0 Å².